The van der Waals surface area contributed by atoms with Crippen LogP contribution in [0, 0.1) is 5.41 Å². The molecule has 0 saturated heterocycles. The molecule has 28 heavy (non-hydrogen) atoms. The Hall–Kier alpha value is -0.120. The first-order valence-corrected chi connectivity index (χ1v) is 12.5. The van der Waals surface area contributed by atoms with Crippen molar-refractivity contribution in [2.45, 2.75) is 129 Å². The minimum atomic E-state index is -0.492. The first-order valence-electron chi connectivity index (χ1n) is 12.5. The molecule has 0 rings (SSSR count). The van der Waals surface area contributed by atoms with E-state index in [9.17, 15) is 10.2 Å². The molecular formula is C25H52O3. The SMILES string of the molecule is CCCCCCCCCCCCCCCCCCCCOCC(C)(CO)CO. The van der Waals surface area contributed by atoms with E-state index in [0.29, 0.717) is 6.61 Å². The lowest BCUT2D eigenvalue weighted by Crippen LogP contribution is -2.31. The maximum absolute atomic E-state index is 9.20. The van der Waals surface area contributed by atoms with E-state index in [2.05, 4.69) is 6.92 Å². The van der Waals surface area contributed by atoms with Crippen LogP contribution in [0.4, 0.5) is 0 Å². The van der Waals surface area contributed by atoms with Crippen molar-refractivity contribution in [2.24, 2.45) is 5.41 Å². The molecule has 0 aliphatic carbocycles. The van der Waals surface area contributed by atoms with Gasteiger partial charge in [0.25, 0.3) is 0 Å². The van der Waals surface area contributed by atoms with Crippen molar-refractivity contribution < 1.29 is 14.9 Å². The normalized spacial score (nSPS) is 12.0. The van der Waals surface area contributed by atoms with E-state index in [-0.39, 0.29) is 13.2 Å². The quantitative estimate of drug-likeness (QED) is 0.181. The second-order valence-electron chi connectivity index (χ2n) is 9.19. The lowest BCUT2D eigenvalue weighted by atomic mass is 9.94. The third kappa shape index (κ3) is 19.2. The molecule has 0 amide bonds. The smallest absolute Gasteiger partial charge is 0.0563 e. The predicted molar refractivity (Wildman–Crippen MR) is 122 cm³/mol. The summed E-state index contributed by atoms with van der Waals surface area (Å²) in [4.78, 5) is 0. The summed E-state index contributed by atoms with van der Waals surface area (Å²) in [5.74, 6) is 0. The summed E-state index contributed by atoms with van der Waals surface area (Å²) in [6.07, 6.45) is 25.0. The Morgan fingerprint density at radius 1 is 0.536 bits per heavy atom. The fraction of sp³-hybridized carbons (Fsp3) is 1.00. The minimum absolute atomic E-state index is 0.0252. The first kappa shape index (κ1) is 27.9. The molecule has 3 heteroatoms. The molecule has 0 heterocycles. The van der Waals surface area contributed by atoms with Crippen LogP contribution < -0.4 is 0 Å². The predicted octanol–water partition coefficient (Wildman–Crippen LogP) is 7.04. The molecule has 0 bridgehead atoms. The van der Waals surface area contributed by atoms with Crippen molar-refractivity contribution in [1.29, 1.82) is 0 Å². The van der Waals surface area contributed by atoms with Crippen LogP contribution in [0.15, 0.2) is 0 Å². The van der Waals surface area contributed by atoms with Gasteiger partial charge in [0.2, 0.25) is 0 Å². The van der Waals surface area contributed by atoms with Gasteiger partial charge in [-0.3, -0.25) is 0 Å². The molecular weight excluding hydrogens is 348 g/mol. The fourth-order valence-electron chi connectivity index (χ4n) is 3.57. The molecule has 170 valence electrons. The highest BCUT2D eigenvalue weighted by Crippen LogP contribution is 2.16. The van der Waals surface area contributed by atoms with Gasteiger partial charge in [0.05, 0.1) is 19.8 Å². The standard InChI is InChI=1S/C25H52O3/c1-3-4-5-6-7-8-9-10-11-12-13-14-15-16-17-18-19-20-21-28-24-25(2,22-26)23-27/h26-27H,3-24H2,1-2H3. The van der Waals surface area contributed by atoms with E-state index in [1.807, 2.05) is 6.92 Å². The molecule has 0 aromatic rings. The number of unbranched alkanes of at least 4 members (excludes halogenated alkanes) is 17. The molecule has 0 aromatic carbocycles. The van der Waals surface area contributed by atoms with Gasteiger partial charge in [0.1, 0.15) is 0 Å². The van der Waals surface area contributed by atoms with Crippen LogP contribution in [0.1, 0.15) is 129 Å². The molecule has 0 fully saturated rings. The van der Waals surface area contributed by atoms with Crippen molar-refractivity contribution in [1.82, 2.24) is 0 Å². The van der Waals surface area contributed by atoms with Crippen molar-refractivity contribution in [3.8, 4) is 0 Å². The second-order valence-corrected chi connectivity index (χ2v) is 9.19. The highest BCUT2D eigenvalue weighted by molar-refractivity contribution is 4.70. The average Bonchev–Trinajstić information content (AvgIpc) is 2.72. The van der Waals surface area contributed by atoms with Gasteiger partial charge in [-0.25, -0.2) is 0 Å². The number of hydrogen-bond acceptors (Lipinski definition) is 3. The summed E-state index contributed by atoms with van der Waals surface area (Å²) in [5, 5.41) is 18.4. The molecule has 3 nitrogen and oxygen atoms in total. The van der Waals surface area contributed by atoms with Gasteiger partial charge in [0.15, 0.2) is 0 Å². The van der Waals surface area contributed by atoms with Crippen LogP contribution in [0.3, 0.4) is 0 Å². The minimum Gasteiger partial charge on any atom is -0.396 e. The molecule has 0 radical (unpaired) electrons. The van der Waals surface area contributed by atoms with Crippen LogP contribution in [-0.4, -0.2) is 36.6 Å². The molecule has 0 saturated carbocycles. The van der Waals surface area contributed by atoms with Crippen LogP contribution in [0.25, 0.3) is 0 Å². The Balaban J connectivity index is 3.11. The monoisotopic (exact) mass is 400 g/mol. The van der Waals surface area contributed by atoms with E-state index in [0.717, 1.165) is 13.0 Å². The summed E-state index contributed by atoms with van der Waals surface area (Å²) in [6, 6.07) is 0. The maximum atomic E-state index is 9.20. The van der Waals surface area contributed by atoms with E-state index in [1.54, 1.807) is 0 Å². The molecule has 0 aliphatic rings. The zero-order valence-electron chi connectivity index (χ0n) is 19.4. The molecule has 0 atom stereocenters. The highest BCUT2D eigenvalue weighted by atomic mass is 16.5. The van der Waals surface area contributed by atoms with E-state index < -0.39 is 5.41 Å². The van der Waals surface area contributed by atoms with Crippen LogP contribution in [-0.2, 0) is 4.74 Å². The topological polar surface area (TPSA) is 49.7 Å². The van der Waals surface area contributed by atoms with Gasteiger partial charge in [-0.1, -0.05) is 123 Å². The van der Waals surface area contributed by atoms with Crippen LogP contribution >= 0.6 is 0 Å². The van der Waals surface area contributed by atoms with Crippen molar-refractivity contribution >= 4 is 0 Å². The Labute approximate surface area is 176 Å². The number of aliphatic hydroxyl groups is 2. The summed E-state index contributed by atoms with van der Waals surface area (Å²) in [5.41, 5.74) is -0.492. The number of rotatable bonds is 23. The number of aliphatic hydroxyl groups excluding tert-OH is 2. The lowest BCUT2D eigenvalue weighted by Gasteiger charge is -2.24. The summed E-state index contributed by atoms with van der Waals surface area (Å²) >= 11 is 0. The van der Waals surface area contributed by atoms with E-state index in [4.69, 9.17) is 4.74 Å². The lowest BCUT2D eigenvalue weighted by molar-refractivity contribution is -0.0169. The van der Waals surface area contributed by atoms with Crippen molar-refractivity contribution in [3.63, 3.8) is 0 Å². The largest absolute Gasteiger partial charge is 0.396 e. The Morgan fingerprint density at radius 2 is 0.857 bits per heavy atom. The number of hydrogen-bond donors (Lipinski definition) is 2. The Bertz CT molecular complexity index is 290. The van der Waals surface area contributed by atoms with Crippen LogP contribution in [0.5, 0.6) is 0 Å². The van der Waals surface area contributed by atoms with E-state index in [1.165, 1.54) is 109 Å². The van der Waals surface area contributed by atoms with Gasteiger partial charge in [-0.15, -0.1) is 0 Å². The zero-order chi connectivity index (χ0) is 20.8. The number of ether oxygens (including phenoxy) is 1. The average molecular weight is 401 g/mol. The Morgan fingerprint density at radius 3 is 1.18 bits per heavy atom. The zero-order valence-corrected chi connectivity index (χ0v) is 19.4. The van der Waals surface area contributed by atoms with Gasteiger partial charge in [-0.2, -0.15) is 0 Å². The summed E-state index contributed by atoms with van der Waals surface area (Å²) in [7, 11) is 0. The first-order chi connectivity index (χ1) is 13.7. The van der Waals surface area contributed by atoms with Crippen LogP contribution in [0.2, 0.25) is 0 Å². The third-order valence-electron chi connectivity index (χ3n) is 5.86. The third-order valence-corrected chi connectivity index (χ3v) is 5.86. The summed E-state index contributed by atoms with van der Waals surface area (Å²) < 4.78 is 5.59. The maximum Gasteiger partial charge on any atom is 0.0563 e. The molecule has 0 aromatic heterocycles. The van der Waals surface area contributed by atoms with Gasteiger partial charge < -0.3 is 14.9 Å². The second kappa shape index (κ2) is 21.6. The fourth-order valence-corrected chi connectivity index (χ4v) is 3.57. The van der Waals surface area contributed by atoms with Crippen molar-refractivity contribution in [2.75, 3.05) is 26.4 Å². The highest BCUT2D eigenvalue weighted by Gasteiger charge is 2.22. The van der Waals surface area contributed by atoms with E-state index >= 15 is 0 Å². The molecule has 0 aliphatic heterocycles. The Kier molecular flexibility index (Phi) is 21.5. The molecule has 0 unspecified atom stereocenters. The van der Waals surface area contributed by atoms with Gasteiger partial charge >= 0.3 is 0 Å². The summed E-state index contributed by atoms with van der Waals surface area (Å²) in [6.45, 7) is 5.27. The molecule has 2 N–H and O–H groups in total. The molecule has 0 spiro atoms. The van der Waals surface area contributed by atoms with Gasteiger partial charge in [0, 0.05) is 12.0 Å². The van der Waals surface area contributed by atoms with Gasteiger partial charge in [-0.05, 0) is 6.42 Å². The van der Waals surface area contributed by atoms with Crippen molar-refractivity contribution in [3.05, 3.63) is 0 Å².